The zero-order valence-electron chi connectivity index (χ0n) is 29.9. The molecule has 178 valence electrons. The first-order valence-corrected chi connectivity index (χ1v) is 12.1. The Bertz CT molecular complexity index is 2550. The van der Waals surface area contributed by atoms with Gasteiger partial charge in [-0.25, -0.2) is 0 Å². The largest absolute Gasteiger partial charge is 0.454 e. The van der Waals surface area contributed by atoms with E-state index < -0.39 is 60.4 Å². The molecule has 0 aliphatic rings. The summed E-state index contributed by atoms with van der Waals surface area (Å²) < 4.78 is 93.1. The van der Waals surface area contributed by atoms with E-state index in [4.69, 9.17) is 18.1 Å². The van der Waals surface area contributed by atoms with Crippen molar-refractivity contribution in [2.45, 2.75) is 0 Å². The highest BCUT2D eigenvalue weighted by Gasteiger charge is 2.19. The minimum atomic E-state index is -0.537. The van der Waals surface area contributed by atoms with Crippen LogP contribution < -0.4 is 0 Å². The number of aromatic nitrogens is 1. The Kier molecular flexibility index (Phi) is 2.91. The predicted molar refractivity (Wildman–Crippen MR) is 159 cm³/mol. The summed E-state index contributed by atoms with van der Waals surface area (Å²) in [7, 11) is 0. The maximum absolute atomic E-state index is 8.75. The van der Waals surface area contributed by atoms with Crippen LogP contribution in [-0.4, -0.2) is 4.57 Å². The van der Waals surface area contributed by atoms with Gasteiger partial charge in [-0.15, -0.1) is 0 Å². The summed E-state index contributed by atoms with van der Waals surface area (Å²) in [6.07, 6.45) is 0. The molecule has 2 heteroatoms. The van der Waals surface area contributed by atoms with Crippen molar-refractivity contribution in [3.05, 3.63) is 139 Å². The van der Waals surface area contributed by atoms with Gasteiger partial charge in [0.2, 0.25) is 0 Å². The fourth-order valence-electron chi connectivity index (χ4n) is 5.32. The van der Waals surface area contributed by atoms with E-state index in [1.807, 2.05) is 65.2 Å². The van der Waals surface area contributed by atoms with Crippen molar-refractivity contribution in [3.63, 3.8) is 0 Å². The van der Waals surface area contributed by atoms with Crippen LogP contribution in [0.5, 0.6) is 0 Å². The number of hydrogen-bond acceptors (Lipinski definition) is 1. The molecule has 8 rings (SSSR count). The molecular weight excluding hydrogens is 462 g/mol. The minimum Gasteiger partial charge on any atom is -0.454 e. The van der Waals surface area contributed by atoms with Gasteiger partial charge in [-0.3, -0.25) is 0 Å². The molecule has 0 bridgehead atoms. The van der Waals surface area contributed by atoms with Crippen LogP contribution in [0.15, 0.2) is 144 Å². The molecule has 0 radical (unpaired) electrons. The summed E-state index contributed by atoms with van der Waals surface area (Å²) in [4.78, 5) is 0. The number of furan rings is 1. The van der Waals surface area contributed by atoms with E-state index in [1.54, 1.807) is 12.1 Å². The third-order valence-corrected chi connectivity index (χ3v) is 6.93. The number of para-hydroxylation sites is 2. The maximum Gasteiger partial charge on any atom is 0.160 e. The van der Waals surface area contributed by atoms with E-state index in [1.165, 1.54) is 6.07 Å². The summed E-state index contributed by atoms with van der Waals surface area (Å²) in [5, 5.41) is 3.61. The number of benzene rings is 6. The van der Waals surface area contributed by atoms with Crippen molar-refractivity contribution >= 4 is 43.7 Å². The van der Waals surface area contributed by atoms with Crippen molar-refractivity contribution in [3.8, 4) is 27.9 Å². The number of fused-ring (bicyclic) bond motifs is 7. The van der Waals surface area contributed by atoms with Crippen molar-refractivity contribution in [1.29, 1.82) is 0 Å². The highest BCUT2D eigenvalue weighted by Crippen LogP contribution is 2.41. The van der Waals surface area contributed by atoms with Crippen LogP contribution in [0.2, 0.25) is 0 Å². The van der Waals surface area contributed by atoms with Gasteiger partial charge in [-0.2, -0.15) is 0 Å². The maximum atomic E-state index is 8.75. The van der Waals surface area contributed by atoms with Gasteiger partial charge in [0.1, 0.15) is 5.58 Å². The zero-order chi connectivity index (χ0) is 33.8. The molecule has 0 amide bonds. The molecule has 8 aromatic rings. The normalized spacial score (nSPS) is 15.4. The summed E-state index contributed by atoms with van der Waals surface area (Å²) >= 11 is 0. The highest BCUT2D eigenvalue weighted by molar-refractivity contribution is 6.21. The van der Waals surface area contributed by atoms with Crippen molar-refractivity contribution < 1.29 is 18.1 Å². The van der Waals surface area contributed by atoms with Gasteiger partial charge in [-0.1, -0.05) is 103 Å². The SMILES string of the molecule is [2H]c1c([2H])c([2H])c(-c2cc(-c3c([2H])c([2H])c([2H])c([2H])c3[2H])cc(-n3c4ccccc4c4ccc5c6ccccc6oc5c43)c2)c([2H])c1[2H]. The van der Waals surface area contributed by atoms with Crippen molar-refractivity contribution in [1.82, 2.24) is 4.57 Å². The number of nitrogens with zero attached hydrogens (tertiary/aromatic N) is 1. The van der Waals surface area contributed by atoms with E-state index in [2.05, 4.69) is 0 Å². The second kappa shape index (κ2) is 8.22. The predicted octanol–water partition coefficient (Wildman–Crippen LogP) is 10.0. The Hall–Kier alpha value is -5.08. The van der Waals surface area contributed by atoms with Crippen molar-refractivity contribution in [2.75, 3.05) is 0 Å². The van der Waals surface area contributed by atoms with Crippen LogP contribution in [0, 0.1) is 0 Å². The Labute approximate surface area is 234 Å². The van der Waals surface area contributed by atoms with Gasteiger partial charge in [0.05, 0.1) is 24.7 Å². The Morgan fingerprint density at radius 3 is 1.84 bits per heavy atom. The number of hydrogen-bond donors (Lipinski definition) is 0. The molecule has 0 unspecified atom stereocenters. The van der Waals surface area contributed by atoms with Gasteiger partial charge < -0.3 is 8.98 Å². The third-order valence-electron chi connectivity index (χ3n) is 6.93. The monoisotopic (exact) mass is 495 g/mol. The fraction of sp³-hybridized carbons (Fsp3) is 0. The molecule has 0 aliphatic heterocycles. The van der Waals surface area contributed by atoms with E-state index >= 15 is 0 Å². The molecule has 2 heterocycles. The average molecular weight is 496 g/mol. The first kappa shape index (κ1) is 13.5. The third kappa shape index (κ3) is 3.14. The lowest BCUT2D eigenvalue weighted by Gasteiger charge is -2.14. The summed E-state index contributed by atoms with van der Waals surface area (Å²) in [5.74, 6) is 0. The number of rotatable bonds is 3. The molecule has 6 aromatic carbocycles. The molecule has 0 N–H and O–H groups in total. The molecule has 0 saturated heterocycles. The van der Waals surface area contributed by atoms with E-state index in [9.17, 15) is 0 Å². The summed E-state index contributed by atoms with van der Waals surface area (Å²) in [6.45, 7) is 0. The lowest BCUT2D eigenvalue weighted by atomic mass is 9.98. The Morgan fingerprint density at radius 1 is 0.526 bits per heavy atom. The highest BCUT2D eigenvalue weighted by atomic mass is 16.3. The van der Waals surface area contributed by atoms with Gasteiger partial charge in [0.25, 0.3) is 0 Å². The summed E-state index contributed by atoms with van der Waals surface area (Å²) in [5.41, 5.74) is 3.56. The van der Waals surface area contributed by atoms with Crippen LogP contribution in [0.4, 0.5) is 0 Å². The molecule has 0 fully saturated rings. The Morgan fingerprint density at radius 2 is 1.13 bits per heavy atom. The van der Waals surface area contributed by atoms with Gasteiger partial charge in [0, 0.05) is 27.2 Å². The van der Waals surface area contributed by atoms with Crippen LogP contribution in [0.25, 0.3) is 71.7 Å². The van der Waals surface area contributed by atoms with Gasteiger partial charge >= 0.3 is 0 Å². The van der Waals surface area contributed by atoms with E-state index in [-0.39, 0.29) is 22.3 Å². The lowest BCUT2D eigenvalue weighted by Crippen LogP contribution is -1.96. The van der Waals surface area contributed by atoms with Crippen LogP contribution in [-0.2, 0) is 0 Å². The second-order valence-electron chi connectivity index (χ2n) is 9.06. The van der Waals surface area contributed by atoms with E-state index in [0.717, 1.165) is 32.6 Å². The van der Waals surface area contributed by atoms with Crippen LogP contribution in [0.3, 0.4) is 0 Å². The summed E-state index contributed by atoms with van der Waals surface area (Å²) in [6, 6.07) is 19.6. The molecule has 2 nitrogen and oxygen atoms in total. The first-order chi connectivity index (χ1) is 23.0. The molecule has 0 atom stereocenters. The molecule has 0 spiro atoms. The lowest BCUT2D eigenvalue weighted by molar-refractivity contribution is 0.671. The zero-order valence-corrected chi connectivity index (χ0v) is 19.9. The molecule has 0 aliphatic carbocycles. The quantitative estimate of drug-likeness (QED) is 0.238. The molecule has 0 saturated carbocycles. The second-order valence-corrected chi connectivity index (χ2v) is 9.06. The first-order valence-electron chi connectivity index (χ1n) is 17.1. The molecule has 2 aromatic heterocycles. The molecular formula is C36H23NO. The van der Waals surface area contributed by atoms with Crippen LogP contribution in [0.1, 0.15) is 13.7 Å². The fourth-order valence-corrected chi connectivity index (χ4v) is 5.32. The van der Waals surface area contributed by atoms with Gasteiger partial charge in [-0.05, 0) is 58.7 Å². The molecule has 38 heavy (non-hydrogen) atoms. The Balaban J connectivity index is 1.57. The average Bonchev–Trinajstić information content (AvgIpc) is 3.64. The van der Waals surface area contributed by atoms with Crippen LogP contribution >= 0.6 is 0 Å². The van der Waals surface area contributed by atoms with E-state index in [0.29, 0.717) is 16.9 Å². The minimum absolute atomic E-state index is 0.0777. The standard InChI is InChI=1S/C36H23NO/c1-3-11-24(12-4-1)26-21-27(25-13-5-2-6-14-25)23-28(22-26)37-33-17-9-7-15-29(33)31-19-20-32-30-16-8-10-18-34(30)38-36(32)35(31)37/h1-23H/i1D,2D,3D,4D,5D,6D,11D,12D,13D,14D. The van der Waals surface area contributed by atoms with Gasteiger partial charge in [0.15, 0.2) is 5.58 Å². The smallest absolute Gasteiger partial charge is 0.160 e. The van der Waals surface area contributed by atoms with Crippen molar-refractivity contribution in [2.24, 2.45) is 0 Å². The topological polar surface area (TPSA) is 18.1 Å².